The number of thiophene rings is 2. The lowest BCUT2D eigenvalue weighted by atomic mass is 9.75. The summed E-state index contributed by atoms with van der Waals surface area (Å²) in [5.74, 6) is 1.23. The van der Waals surface area contributed by atoms with Crippen molar-refractivity contribution in [1.82, 2.24) is 0 Å². The van der Waals surface area contributed by atoms with Crippen molar-refractivity contribution in [2.45, 2.75) is 138 Å². The van der Waals surface area contributed by atoms with Gasteiger partial charge < -0.3 is 9.80 Å². The maximum absolute atomic E-state index is 10.4. The molecular weight excluding hydrogens is 965 g/mol. The van der Waals surface area contributed by atoms with Crippen LogP contribution < -0.4 is 9.80 Å². The van der Waals surface area contributed by atoms with E-state index in [-0.39, 0.29) is 16.7 Å². The molecule has 0 amide bonds. The lowest BCUT2D eigenvalue weighted by molar-refractivity contribution is 0.341. The Morgan fingerprint density at radius 2 is 0.974 bits per heavy atom. The molecule has 0 bridgehead atoms. The molecule has 10 rings (SSSR count). The van der Waals surface area contributed by atoms with Crippen molar-refractivity contribution >= 4 is 77.8 Å². The van der Waals surface area contributed by atoms with Crippen molar-refractivity contribution in [3.8, 4) is 43.7 Å². The van der Waals surface area contributed by atoms with Crippen molar-refractivity contribution in [2.75, 3.05) is 22.9 Å². The molecule has 2 atom stereocenters. The second-order valence-corrected chi connectivity index (χ2v) is 25.8. The van der Waals surface area contributed by atoms with E-state index in [0.29, 0.717) is 36.3 Å². The van der Waals surface area contributed by atoms with Gasteiger partial charge in [0.25, 0.3) is 0 Å². The molecule has 0 aliphatic carbocycles. The minimum absolute atomic E-state index is 0.0150. The Morgan fingerprint density at radius 1 is 0.513 bits per heavy atom. The molecule has 2 aliphatic heterocycles. The molecule has 6 nitrogen and oxygen atoms in total. The number of nitriles is 2. The van der Waals surface area contributed by atoms with Crippen molar-refractivity contribution in [2.24, 2.45) is 27.7 Å². The number of fused-ring (bicyclic) bond motifs is 2. The first-order valence-electron chi connectivity index (χ1n) is 28.1. The second kappa shape index (κ2) is 21.4. The molecule has 2 aromatic heterocycles. The van der Waals surface area contributed by atoms with Crippen LogP contribution in [0.25, 0.3) is 63.6 Å². The van der Waals surface area contributed by atoms with E-state index in [0.717, 1.165) is 65.1 Å². The normalized spacial score (nSPS) is 17.3. The zero-order chi connectivity index (χ0) is 53.6. The molecule has 388 valence electrons. The van der Waals surface area contributed by atoms with Crippen LogP contribution in [0.3, 0.4) is 0 Å². The van der Waals surface area contributed by atoms with Crippen LogP contribution >= 0.6 is 22.7 Å². The van der Waals surface area contributed by atoms with Gasteiger partial charge in [-0.2, -0.15) is 20.5 Å². The molecule has 8 aromatic rings. The molecule has 6 aromatic carbocycles. The van der Waals surface area contributed by atoms with Crippen molar-refractivity contribution in [3.63, 3.8) is 0 Å². The van der Waals surface area contributed by atoms with E-state index in [1.807, 2.05) is 22.7 Å². The van der Waals surface area contributed by atoms with Gasteiger partial charge in [-0.15, -0.1) is 22.7 Å². The van der Waals surface area contributed by atoms with E-state index in [2.05, 4.69) is 218 Å². The van der Waals surface area contributed by atoms with Gasteiger partial charge in [0.2, 0.25) is 12.4 Å². The largest absolute Gasteiger partial charge is 0.337 e. The molecule has 0 N–H and O–H groups in total. The van der Waals surface area contributed by atoms with Crippen LogP contribution in [0.4, 0.5) is 11.4 Å². The predicted molar refractivity (Wildman–Crippen MR) is 328 cm³/mol. The number of benzene rings is 6. The highest BCUT2D eigenvalue weighted by Crippen LogP contribution is 2.49. The number of anilines is 2. The molecule has 4 heterocycles. The van der Waals surface area contributed by atoms with E-state index in [4.69, 9.17) is 0 Å². The first-order valence-corrected chi connectivity index (χ1v) is 29.7. The minimum atomic E-state index is 0.0150. The fourth-order valence-corrected chi connectivity index (χ4v) is 14.7. The van der Waals surface area contributed by atoms with Gasteiger partial charge in [0.15, 0.2) is 0 Å². The maximum atomic E-state index is 10.4. The fraction of sp³-hybridized carbons (Fsp3) is 0.382. The zero-order valence-corrected chi connectivity index (χ0v) is 48.3. The molecule has 2 unspecified atom stereocenters. The molecule has 76 heavy (non-hydrogen) atoms. The standard InChI is InChI=1S/C68H74N6S2/c1-12-15-29-67(10,14-3)52-22-24-54-56(36-52)74(39-44(8)9)66(64(54)72-41-70)65-63(71-40-69)53-23-21-45(35-55(53)73(65)38-43(6)7)57-25-26-58(75-57)50-31-46-17-19-48-33-51(34-49-20-18-47(32-50)61(46)62(48)49)59-27-28-60(76-59)68(11,30-16-13-2)37-42(4)5/h17-28,31-36,42-44H,12-16,29-30,37-39H2,1-11H3. The average molecular weight is 1040 g/mol. The van der Waals surface area contributed by atoms with E-state index in [1.165, 1.54) is 94.2 Å². The Labute approximate surface area is 460 Å². The number of hydrogen-bond donors (Lipinski definition) is 0. The molecule has 8 heteroatoms. The van der Waals surface area contributed by atoms with Gasteiger partial charge in [-0.1, -0.05) is 144 Å². The van der Waals surface area contributed by atoms with Gasteiger partial charge in [-0.25, -0.2) is 0 Å². The summed E-state index contributed by atoms with van der Waals surface area (Å²) in [6, 6.07) is 41.5. The van der Waals surface area contributed by atoms with E-state index >= 15 is 0 Å². The molecule has 0 saturated carbocycles. The van der Waals surface area contributed by atoms with Crippen LogP contribution in [0.2, 0.25) is 0 Å². The number of aliphatic imine (C=N–C) groups is 2. The number of hydrogen-bond acceptors (Lipinski definition) is 8. The van der Waals surface area contributed by atoms with Crippen LogP contribution in [0.1, 0.15) is 149 Å². The highest BCUT2D eigenvalue weighted by molar-refractivity contribution is 7.18. The predicted octanol–water partition coefficient (Wildman–Crippen LogP) is 19.5. The Kier molecular flexibility index (Phi) is 14.9. The quantitative estimate of drug-likeness (QED) is 0.0634. The van der Waals surface area contributed by atoms with Crippen molar-refractivity contribution in [1.29, 1.82) is 10.5 Å². The van der Waals surface area contributed by atoms with Gasteiger partial charge in [-0.3, -0.25) is 0 Å². The number of allylic oxidation sites excluding steroid dienone is 2. The van der Waals surface area contributed by atoms with E-state index in [1.54, 1.807) is 0 Å². The molecular formula is C68H74N6S2. The number of unbranched alkanes of at least 4 members (excludes halogenated alkanes) is 2. The Balaban J connectivity index is 1.01. The summed E-state index contributed by atoms with van der Waals surface area (Å²) in [5.41, 5.74) is 12.0. The Morgan fingerprint density at radius 3 is 1.45 bits per heavy atom. The van der Waals surface area contributed by atoms with Gasteiger partial charge >= 0.3 is 0 Å². The van der Waals surface area contributed by atoms with E-state index < -0.39 is 0 Å². The summed E-state index contributed by atoms with van der Waals surface area (Å²) >= 11 is 3.80. The second-order valence-electron chi connectivity index (χ2n) is 23.6. The first kappa shape index (κ1) is 52.8. The summed E-state index contributed by atoms with van der Waals surface area (Å²) in [5, 5.41) is 28.5. The van der Waals surface area contributed by atoms with Crippen molar-refractivity contribution in [3.05, 3.63) is 142 Å². The third kappa shape index (κ3) is 9.67. The van der Waals surface area contributed by atoms with Crippen molar-refractivity contribution < 1.29 is 0 Å². The van der Waals surface area contributed by atoms with E-state index in [9.17, 15) is 10.5 Å². The summed E-state index contributed by atoms with van der Waals surface area (Å²) in [6.45, 7) is 26.8. The molecule has 0 fully saturated rings. The highest BCUT2D eigenvalue weighted by atomic mass is 32.1. The summed E-state index contributed by atoms with van der Waals surface area (Å²) in [6.07, 6.45) is 13.7. The number of rotatable bonds is 18. The Bertz CT molecular complexity index is 3590. The third-order valence-corrected chi connectivity index (χ3v) is 19.0. The van der Waals surface area contributed by atoms with Gasteiger partial charge in [0.1, 0.15) is 11.4 Å². The average Bonchev–Trinajstić information content (AvgIpc) is 4.22. The van der Waals surface area contributed by atoms with Gasteiger partial charge in [0.05, 0.1) is 22.8 Å². The van der Waals surface area contributed by atoms with Crippen LogP contribution in [-0.4, -0.2) is 24.5 Å². The SMILES string of the molecule is CCCCC(C)(CC)c1ccc2c(c1)N(CC(C)C)C(=C1C(=NC#N)c3ccc(-c4ccc(-c5cc6ccc7cc(-c8ccc(C(C)(CCCC)CC(C)C)s8)cc8ccc(c5)c6c78)s4)cc3N1CC(C)C)C2=NC#N. The fourth-order valence-electron chi connectivity index (χ4n) is 12.6. The minimum Gasteiger partial charge on any atom is -0.337 e. The molecule has 0 radical (unpaired) electrons. The molecule has 2 aliphatic rings. The third-order valence-electron chi connectivity index (χ3n) is 16.4. The zero-order valence-electron chi connectivity index (χ0n) is 46.7. The number of nitrogens with zero attached hydrogens (tertiary/aromatic N) is 6. The van der Waals surface area contributed by atoms with Gasteiger partial charge in [0, 0.05) is 49.1 Å². The lowest BCUT2D eigenvalue weighted by Crippen LogP contribution is -2.34. The monoisotopic (exact) mass is 1040 g/mol. The maximum Gasteiger partial charge on any atom is 0.206 e. The van der Waals surface area contributed by atoms with Crippen LogP contribution in [-0.2, 0) is 10.8 Å². The van der Waals surface area contributed by atoms with Crippen LogP contribution in [0.5, 0.6) is 0 Å². The molecule has 0 saturated heterocycles. The smallest absolute Gasteiger partial charge is 0.206 e. The highest BCUT2D eigenvalue weighted by Gasteiger charge is 2.42. The van der Waals surface area contributed by atoms with Crippen LogP contribution in [0, 0.1) is 40.7 Å². The van der Waals surface area contributed by atoms with Crippen LogP contribution in [0.15, 0.2) is 131 Å². The summed E-state index contributed by atoms with van der Waals surface area (Å²) < 4.78 is 0. The lowest BCUT2D eigenvalue weighted by Gasteiger charge is -2.32. The first-order chi connectivity index (χ1) is 36.6. The van der Waals surface area contributed by atoms with Gasteiger partial charge in [-0.05, 0) is 170 Å². The molecule has 0 spiro atoms. The summed E-state index contributed by atoms with van der Waals surface area (Å²) in [7, 11) is 0. The summed E-state index contributed by atoms with van der Waals surface area (Å²) in [4.78, 5) is 19.2. The Hall–Kier alpha value is -6.58. The topological polar surface area (TPSA) is 78.8 Å².